The van der Waals surface area contributed by atoms with E-state index < -0.39 is 0 Å². The molecule has 90 valence electrons. The Morgan fingerprint density at radius 1 is 1.29 bits per heavy atom. The quantitative estimate of drug-likeness (QED) is 0.939. The molecule has 0 radical (unpaired) electrons. The van der Waals surface area contributed by atoms with Crippen molar-refractivity contribution >= 4 is 15.9 Å². The molecule has 0 unspecified atom stereocenters. The third-order valence-electron chi connectivity index (χ3n) is 2.75. The lowest BCUT2D eigenvalue weighted by molar-refractivity contribution is 0.683. The van der Waals surface area contributed by atoms with Crippen molar-refractivity contribution < 1.29 is 0 Å². The van der Waals surface area contributed by atoms with Gasteiger partial charge in [-0.25, -0.2) is 0 Å². The van der Waals surface area contributed by atoms with Gasteiger partial charge in [-0.05, 0) is 25.2 Å². The Bertz CT molecular complexity index is 488. The van der Waals surface area contributed by atoms with E-state index in [0.717, 1.165) is 28.7 Å². The van der Waals surface area contributed by atoms with Crippen molar-refractivity contribution in [3.63, 3.8) is 0 Å². The number of nitrogens with zero attached hydrogens (tertiary/aromatic N) is 2. The number of likely N-dealkylation sites (N-methyl/N-ethyl adjacent to an activating group) is 1. The van der Waals surface area contributed by atoms with Gasteiger partial charge in [-0.2, -0.15) is 5.10 Å². The molecule has 0 amide bonds. The molecule has 0 spiro atoms. The number of aryl methyl sites for hydroxylation is 1. The summed E-state index contributed by atoms with van der Waals surface area (Å²) in [4.78, 5) is 0. The Hall–Kier alpha value is -1.13. The van der Waals surface area contributed by atoms with Crippen LogP contribution in [0, 0.1) is 0 Å². The summed E-state index contributed by atoms with van der Waals surface area (Å²) >= 11 is 3.44. The monoisotopic (exact) mass is 293 g/mol. The molecule has 1 aromatic carbocycles. The van der Waals surface area contributed by atoms with Gasteiger partial charge < -0.3 is 5.32 Å². The van der Waals surface area contributed by atoms with Gasteiger partial charge in [0.25, 0.3) is 0 Å². The normalized spacial score (nSPS) is 10.8. The number of halogens is 1. The molecule has 2 rings (SSSR count). The highest BCUT2D eigenvalue weighted by atomic mass is 79.9. The molecule has 0 bridgehead atoms. The molecule has 1 N–H and O–H groups in total. The van der Waals surface area contributed by atoms with Gasteiger partial charge in [0.15, 0.2) is 0 Å². The SMILES string of the molecule is CNCCc1cc(-c2ccc(Br)cc2)nn1C. The van der Waals surface area contributed by atoms with Crippen LogP contribution in [0.5, 0.6) is 0 Å². The summed E-state index contributed by atoms with van der Waals surface area (Å²) in [7, 11) is 3.96. The first-order valence-electron chi connectivity index (χ1n) is 5.64. The Balaban J connectivity index is 2.24. The van der Waals surface area contributed by atoms with E-state index in [1.54, 1.807) is 0 Å². The van der Waals surface area contributed by atoms with Gasteiger partial charge in [0.2, 0.25) is 0 Å². The molecular formula is C13H16BrN3. The Labute approximate surface area is 110 Å². The highest BCUT2D eigenvalue weighted by Crippen LogP contribution is 2.21. The maximum absolute atomic E-state index is 4.54. The van der Waals surface area contributed by atoms with E-state index in [2.05, 4.69) is 44.5 Å². The van der Waals surface area contributed by atoms with Crippen LogP contribution in [-0.4, -0.2) is 23.4 Å². The number of aromatic nitrogens is 2. The zero-order chi connectivity index (χ0) is 12.3. The maximum Gasteiger partial charge on any atom is 0.0925 e. The van der Waals surface area contributed by atoms with Crippen LogP contribution in [0.15, 0.2) is 34.8 Å². The van der Waals surface area contributed by atoms with Crippen LogP contribution >= 0.6 is 15.9 Å². The van der Waals surface area contributed by atoms with Crippen molar-refractivity contribution in [2.75, 3.05) is 13.6 Å². The van der Waals surface area contributed by atoms with E-state index in [1.807, 2.05) is 30.9 Å². The van der Waals surface area contributed by atoms with Crippen LogP contribution in [0.3, 0.4) is 0 Å². The average molecular weight is 294 g/mol. The molecule has 0 atom stereocenters. The number of rotatable bonds is 4. The van der Waals surface area contributed by atoms with Gasteiger partial charge >= 0.3 is 0 Å². The van der Waals surface area contributed by atoms with Gasteiger partial charge in [-0.1, -0.05) is 28.1 Å². The molecule has 1 aromatic heterocycles. The standard InChI is InChI=1S/C13H16BrN3/c1-15-8-7-12-9-13(16-17(12)2)10-3-5-11(14)6-4-10/h3-6,9,15H,7-8H2,1-2H3. The maximum atomic E-state index is 4.54. The van der Waals surface area contributed by atoms with E-state index in [0.29, 0.717) is 0 Å². The lowest BCUT2D eigenvalue weighted by Gasteiger charge is -1.99. The first-order chi connectivity index (χ1) is 8.20. The molecule has 3 nitrogen and oxygen atoms in total. The largest absolute Gasteiger partial charge is 0.319 e. The zero-order valence-corrected chi connectivity index (χ0v) is 11.7. The Kier molecular flexibility index (Phi) is 3.97. The van der Waals surface area contributed by atoms with Crippen LogP contribution in [0.25, 0.3) is 11.3 Å². The van der Waals surface area contributed by atoms with E-state index >= 15 is 0 Å². The molecule has 17 heavy (non-hydrogen) atoms. The van der Waals surface area contributed by atoms with E-state index in [9.17, 15) is 0 Å². The van der Waals surface area contributed by atoms with Gasteiger partial charge in [0.05, 0.1) is 5.69 Å². The first-order valence-corrected chi connectivity index (χ1v) is 6.43. The first kappa shape index (κ1) is 12.3. The van der Waals surface area contributed by atoms with Crippen LogP contribution < -0.4 is 5.32 Å². The minimum atomic E-state index is 0.972. The summed E-state index contributed by atoms with van der Waals surface area (Å²) in [5.74, 6) is 0. The van der Waals surface area contributed by atoms with Crippen molar-refractivity contribution in [1.29, 1.82) is 0 Å². The summed E-state index contributed by atoms with van der Waals surface area (Å²) in [6.07, 6.45) is 0.997. The number of nitrogens with one attached hydrogen (secondary N) is 1. The second-order valence-corrected chi connectivity index (χ2v) is 4.92. The fourth-order valence-corrected chi connectivity index (χ4v) is 2.02. The Morgan fingerprint density at radius 3 is 2.65 bits per heavy atom. The number of hydrogen-bond donors (Lipinski definition) is 1. The van der Waals surface area contributed by atoms with E-state index in [4.69, 9.17) is 0 Å². The molecule has 0 saturated carbocycles. The van der Waals surface area contributed by atoms with Crippen molar-refractivity contribution in [3.05, 3.63) is 40.5 Å². The molecule has 0 aliphatic heterocycles. The zero-order valence-electron chi connectivity index (χ0n) is 10.1. The molecule has 4 heteroatoms. The molecule has 0 aliphatic rings. The second-order valence-electron chi connectivity index (χ2n) is 4.00. The fraction of sp³-hybridized carbons (Fsp3) is 0.308. The van der Waals surface area contributed by atoms with Gasteiger partial charge in [0.1, 0.15) is 0 Å². The molecule has 0 saturated heterocycles. The third-order valence-corrected chi connectivity index (χ3v) is 3.28. The van der Waals surface area contributed by atoms with Gasteiger partial charge in [-0.15, -0.1) is 0 Å². The minimum absolute atomic E-state index is 0.972. The fourth-order valence-electron chi connectivity index (χ4n) is 1.75. The second kappa shape index (κ2) is 5.47. The molecular weight excluding hydrogens is 278 g/mol. The highest BCUT2D eigenvalue weighted by molar-refractivity contribution is 9.10. The van der Waals surface area contributed by atoms with Crippen molar-refractivity contribution in [3.8, 4) is 11.3 Å². The molecule has 0 aliphatic carbocycles. The predicted octanol–water partition coefficient (Wildman–Crippen LogP) is 2.61. The van der Waals surface area contributed by atoms with Crippen molar-refractivity contribution in [1.82, 2.24) is 15.1 Å². The highest BCUT2D eigenvalue weighted by Gasteiger charge is 2.06. The summed E-state index contributed by atoms with van der Waals surface area (Å²) in [5, 5.41) is 7.69. The molecule has 0 fully saturated rings. The van der Waals surface area contributed by atoms with E-state index in [1.165, 1.54) is 5.69 Å². The summed E-state index contributed by atoms with van der Waals surface area (Å²) in [6, 6.07) is 10.4. The lowest BCUT2D eigenvalue weighted by Crippen LogP contribution is -2.12. The third kappa shape index (κ3) is 2.96. The minimum Gasteiger partial charge on any atom is -0.319 e. The number of benzene rings is 1. The van der Waals surface area contributed by atoms with E-state index in [-0.39, 0.29) is 0 Å². The topological polar surface area (TPSA) is 29.9 Å². The van der Waals surface area contributed by atoms with Crippen LogP contribution in [0.2, 0.25) is 0 Å². The molecule has 2 aromatic rings. The predicted molar refractivity (Wildman–Crippen MR) is 74.0 cm³/mol. The van der Waals surface area contributed by atoms with Gasteiger partial charge in [-0.3, -0.25) is 4.68 Å². The van der Waals surface area contributed by atoms with Crippen molar-refractivity contribution in [2.24, 2.45) is 7.05 Å². The smallest absolute Gasteiger partial charge is 0.0925 e. The Morgan fingerprint density at radius 2 is 2.00 bits per heavy atom. The van der Waals surface area contributed by atoms with Crippen LogP contribution in [-0.2, 0) is 13.5 Å². The average Bonchev–Trinajstić information content (AvgIpc) is 2.69. The molecule has 1 heterocycles. The lowest BCUT2D eigenvalue weighted by atomic mass is 10.1. The summed E-state index contributed by atoms with van der Waals surface area (Å²) in [5.41, 5.74) is 3.43. The number of hydrogen-bond acceptors (Lipinski definition) is 2. The van der Waals surface area contributed by atoms with Crippen LogP contribution in [0.4, 0.5) is 0 Å². The van der Waals surface area contributed by atoms with Crippen LogP contribution in [0.1, 0.15) is 5.69 Å². The summed E-state index contributed by atoms with van der Waals surface area (Å²) < 4.78 is 3.04. The van der Waals surface area contributed by atoms with Gasteiger partial charge in [0, 0.05) is 35.7 Å². The van der Waals surface area contributed by atoms with Crippen molar-refractivity contribution in [2.45, 2.75) is 6.42 Å². The summed E-state index contributed by atoms with van der Waals surface area (Å²) in [6.45, 7) is 0.972.